The maximum Gasteiger partial charge on any atom is 0.338 e. The zero-order valence-electron chi connectivity index (χ0n) is 14.9. The molecule has 0 saturated carbocycles. The van der Waals surface area contributed by atoms with Crippen LogP contribution in [0.2, 0.25) is 5.02 Å². The number of rotatable bonds is 6. The van der Waals surface area contributed by atoms with Gasteiger partial charge in [0.2, 0.25) is 0 Å². The number of aromatic nitrogens is 1. The molecule has 1 aromatic heterocycles. The summed E-state index contributed by atoms with van der Waals surface area (Å²) in [6.45, 7) is -0.134. The highest BCUT2D eigenvalue weighted by atomic mass is 35.5. The Labute approximate surface area is 174 Å². The molecular formula is C18H13ClN2O6S2. The number of sulfone groups is 1. The number of halogens is 1. The molecule has 0 radical (unpaired) electrons. The van der Waals surface area contributed by atoms with E-state index < -0.39 is 31.3 Å². The summed E-state index contributed by atoms with van der Waals surface area (Å²) in [6, 6.07) is 10.2. The molecule has 29 heavy (non-hydrogen) atoms. The zero-order valence-corrected chi connectivity index (χ0v) is 17.3. The average Bonchev–Trinajstić information content (AvgIpc) is 3.14. The van der Waals surface area contributed by atoms with Crippen LogP contribution in [0.4, 0.5) is 5.69 Å². The fourth-order valence-electron chi connectivity index (χ4n) is 2.42. The SMILES string of the molecule is CS(=O)(=O)c1ccc(C(=O)OCc2csc(-c3ccc(Cl)cc3)n2)cc1[N+](=O)[O-]. The highest BCUT2D eigenvalue weighted by Gasteiger charge is 2.24. The smallest absolute Gasteiger partial charge is 0.338 e. The predicted octanol–water partition coefficient (Wildman–Crippen LogP) is 4.13. The molecule has 3 aromatic rings. The van der Waals surface area contributed by atoms with Gasteiger partial charge in [-0.2, -0.15) is 0 Å². The molecule has 11 heteroatoms. The normalized spacial score (nSPS) is 11.2. The number of benzene rings is 2. The molecular weight excluding hydrogens is 440 g/mol. The number of carbonyl (C=O) groups is 1. The van der Waals surface area contributed by atoms with Crippen LogP contribution in [-0.4, -0.2) is 30.6 Å². The van der Waals surface area contributed by atoms with Crippen molar-refractivity contribution in [3.63, 3.8) is 0 Å². The van der Waals surface area contributed by atoms with E-state index in [4.69, 9.17) is 16.3 Å². The van der Waals surface area contributed by atoms with E-state index in [0.29, 0.717) is 10.7 Å². The van der Waals surface area contributed by atoms with Crippen LogP contribution in [0.15, 0.2) is 52.7 Å². The van der Waals surface area contributed by atoms with Crippen molar-refractivity contribution in [1.82, 2.24) is 4.98 Å². The lowest BCUT2D eigenvalue weighted by Crippen LogP contribution is -2.08. The van der Waals surface area contributed by atoms with Crippen molar-refractivity contribution in [2.45, 2.75) is 11.5 Å². The number of hydrogen-bond acceptors (Lipinski definition) is 8. The second-order valence-electron chi connectivity index (χ2n) is 5.94. The van der Waals surface area contributed by atoms with Crippen LogP contribution >= 0.6 is 22.9 Å². The van der Waals surface area contributed by atoms with Crippen molar-refractivity contribution >= 4 is 44.4 Å². The lowest BCUT2D eigenvalue weighted by Gasteiger charge is -2.05. The highest BCUT2D eigenvalue weighted by molar-refractivity contribution is 7.90. The summed E-state index contributed by atoms with van der Waals surface area (Å²) in [6.07, 6.45) is 0.855. The monoisotopic (exact) mass is 452 g/mol. The minimum atomic E-state index is -3.81. The van der Waals surface area contributed by atoms with Crippen LogP contribution in [0, 0.1) is 10.1 Å². The maximum atomic E-state index is 12.2. The highest BCUT2D eigenvalue weighted by Crippen LogP contribution is 2.27. The predicted molar refractivity (Wildman–Crippen MR) is 108 cm³/mol. The molecule has 0 amide bonds. The Morgan fingerprint density at radius 2 is 1.93 bits per heavy atom. The molecule has 0 unspecified atom stereocenters. The maximum absolute atomic E-state index is 12.2. The molecule has 0 aliphatic carbocycles. The van der Waals surface area contributed by atoms with Crippen LogP contribution in [0.3, 0.4) is 0 Å². The molecule has 0 spiro atoms. The van der Waals surface area contributed by atoms with E-state index in [0.717, 1.165) is 29.0 Å². The molecule has 150 valence electrons. The number of ether oxygens (including phenoxy) is 1. The molecule has 0 fully saturated rings. The van der Waals surface area contributed by atoms with Gasteiger partial charge in [0.25, 0.3) is 5.69 Å². The molecule has 0 aliphatic rings. The molecule has 3 rings (SSSR count). The largest absolute Gasteiger partial charge is 0.456 e. The minimum absolute atomic E-state index is 0.128. The molecule has 0 saturated heterocycles. The fraction of sp³-hybridized carbons (Fsp3) is 0.111. The first-order valence-corrected chi connectivity index (χ1v) is 11.2. The van der Waals surface area contributed by atoms with Crippen LogP contribution in [0.1, 0.15) is 16.1 Å². The van der Waals surface area contributed by atoms with Gasteiger partial charge in [-0.25, -0.2) is 18.2 Å². The Hall–Kier alpha value is -2.82. The topological polar surface area (TPSA) is 116 Å². The number of nitro groups is 1. The fourth-order valence-corrected chi connectivity index (χ4v) is 4.19. The first kappa shape index (κ1) is 20.9. The summed E-state index contributed by atoms with van der Waals surface area (Å²) in [4.78, 5) is 26.4. The zero-order chi connectivity index (χ0) is 21.2. The lowest BCUT2D eigenvalue weighted by atomic mass is 10.2. The summed E-state index contributed by atoms with van der Waals surface area (Å²) < 4.78 is 28.5. The van der Waals surface area contributed by atoms with Crippen molar-refractivity contribution in [2.75, 3.05) is 6.26 Å². The number of nitro benzene ring substituents is 1. The van der Waals surface area contributed by atoms with Gasteiger partial charge in [-0.3, -0.25) is 10.1 Å². The van der Waals surface area contributed by atoms with Crippen molar-refractivity contribution in [3.05, 3.63) is 74.2 Å². The van der Waals surface area contributed by atoms with Gasteiger partial charge in [0.15, 0.2) is 9.84 Å². The van der Waals surface area contributed by atoms with Gasteiger partial charge < -0.3 is 4.74 Å². The Bertz CT molecular complexity index is 1190. The van der Waals surface area contributed by atoms with E-state index in [1.54, 1.807) is 17.5 Å². The van der Waals surface area contributed by atoms with Crippen molar-refractivity contribution < 1.29 is 22.9 Å². The van der Waals surface area contributed by atoms with E-state index in [1.165, 1.54) is 17.4 Å². The third-order valence-corrected chi connectivity index (χ3v) is 6.12. The summed E-state index contributed by atoms with van der Waals surface area (Å²) in [5.41, 5.74) is 0.567. The Balaban J connectivity index is 1.74. The first-order chi connectivity index (χ1) is 13.6. The Morgan fingerprint density at radius 3 is 2.55 bits per heavy atom. The number of esters is 1. The second-order valence-corrected chi connectivity index (χ2v) is 9.22. The summed E-state index contributed by atoms with van der Waals surface area (Å²) in [5, 5.41) is 14.2. The van der Waals surface area contributed by atoms with E-state index in [-0.39, 0.29) is 12.2 Å². The van der Waals surface area contributed by atoms with Gasteiger partial charge in [-0.15, -0.1) is 11.3 Å². The van der Waals surface area contributed by atoms with E-state index >= 15 is 0 Å². The van der Waals surface area contributed by atoms with Crippen molar-refractivity contribution in [1.29, 1.82) is 0 Å². The average molecular weight is 453 g/mol. The molecule has 8 nitrogen and oxygen atoms in total. The van der Waals surface area contributed by atoms with Crippen molar-refractivity contribution in [2.24, 2.45) is 0 Å². The molecule has 1 heterocycles. The van der Waals surface area contributed by atoms with Crippen LogP contribution in [-0.2, 0) is 21.2 Å². The van der Waals surface area contributed by atoms with Gasteiger partial charge in [0.1, 0.15) is 16.5 Å². The van der Waals surface area contributed by atoms with Crippen LogP contribution in [0.25, 0.3) is 10.6 Å². The lowest BCUT2D eigenvalue weighted by molar-refractivity contribution is -0.387. The van der Waals surface area contributed by atoms with Gasteiger partial charge in [-0.05, 0) is 24.3 Å². The van der Waals surface area contributed by atoms with Crippen LogP contribution < -0.4 is 0 Å². The summed E-state index contributed by atoms with van der Waals surface area (Å²) >= 11 is 7.23. The quantitative estimate of drug-likeness (QED) is 0.313. The molecule has 0 N–H and O–H groups in total. The standard InChI is InChI=1S/C18H13ClN2O6S2/c1-29(25,26)16-7-4-12(8-15(16)21(23)24)18(22)27-9-14-10-28-17(20-14)11-2-5-13(19)6-3-11/h2-8,10H,9H2,1H3. The number of hydrogen-bond donors (Lipinski definition) is 0. The Kier molecular flexibility index (Phi) is 5.96. The van der Waals surface area contributed by atoms with Gasteiger partial charge in [-0.1, -0.05) is 23.7 Å². The number of nitrogens with zero attached hydrogens (tertiary/aromatic N) is 2. The molecule has 2 aromatic carbocycles. The third-order valence-electron chi connectivity index (χ3n) is 3.78. The second kappa shape index (κ2) is 8.27. The number of thiazole rings is 1. The number of carbonyl (C=O) groups excluding carboxylic acids is 1. The van der Waals surface area contributed by atoms with Gasteiger partial charge in [0.05, 0.1) is 16.2 Å². The van der Waals surface area contributed by atoms with E-state index in [9.17, 15) is 23.3 Å². The van der Waals surface area contributed by atoms with Gasteiger partial charge in [0, 0.05) is 28.3 Å². The van der Waals surface area contributed by atoms with Crippen molar-refractivity contribution in [3.8, 4) is 10.6 Å². The Morgan fingerprint density at radius 1 is 1.24 bits per heavy atom. The van der Waals surface area contributed by atoms with Gasteiger partial charge >= 0.3 is 5.97 Å². The molecule has 0 atom stereocenters. The first-order valence-electron chi connectivity index (χ1n) is 8.01. The molecule has 0 aliphatic heterocycles. The van der Waals surface area contributed by atoms with Crippen LogP contribution in [0.5, 0.6) is 0 Å². The minimum Gasteiger partial charge on any atom is -0.456 e. The van der Waals surface area contributed by atoms with E-state index in [1.807, 2.05) is 12.1 Å². The molecule has 0 bridgehead atoms. The summed E-state index contributed by atoms with van der Waals surface area (Å²) in [5.74, 6) is -0.825. The third kappa shape index (κ3) is 4.97. The van der Waals surface area contributed by atoms with E-state index in [2.05, 4.69) is 4.98 Å². The summed E-state index contributed by atoms with van der Waals surface area (Å²) in [7, 11) is -3.81.